The molecule has 3 aromatic rings. The number of hydrogen-bond donors (Lipinski definition) is 1. The van der Waals surface area contributed by atoms with Crippen LogP contribution in [-0.2, 0) is 0 Å². The molecule has 1 heterocycles. The molecule has 0 aliphatic rings. The molecule has 0 saturated heterocycles. The number of benzene rings is 2. The van der Waals surface area contributed by atoms with Gasteiger partial charge in [0.05, 0.1) is 18.4 Å². The molecular formula is C20H18N4. The Morgan fingerprint density at radius 3 is 2.00 bits per heavy atom. The van der Waals surface area contributed by atoms with Crippen molar-refractivity contribution in [2.75, 3.05) is 5.32 Å². The monoisotopic (exact) mass is 314 g/mol. The molecule has 4 heteroatoms. The average Bonchev–Trinajstić information content (AvgIpc) is 2.60. The third kappa shape index (κ3) is 3.58. The summed E-state index contributed by atoms with van der Waals surface area (Å²) < 4.78 is 0. The molecule has 24 heavy (non-hydrogen) atoms. The second-order valence-corrected chi connectivity index (χ2v) is 5.80. The van der Waals surface area contributed by atoms with Crippen molar-refractivity contribution in [3.63, 3.8) is 0 Å². The summed E-state index contributed by atoms with van der Waals surface area (Å²) in [5, 5.41) is 12.3. The van der Waals surface area contributed by atoms with Crippen molar-refractivity contribution < 1.29 is 0 Å². The zero-order valence-electron chi connectivity index (χ0n) is 13.7. The van der Waals surface area contributed by atoms with Gasteiger partial charge in [-0.05, 0) is 25.0 Å². The average molecular weight is 314 g/mol. The molecule has 0 radical (unpaired) electrons. The van der Waals surface area contributed by atoms with Crippen LogP contribution < -0.4 is 5.32 Å². The minimum absolute atomic E-state index is 0.0352. The zero-order valence-corrected chi connectivity index (χ0v) is 13.7. The second-order valence-electron chi connectivity index (χ2n) is 5.80. The van der Waals surface area contributed by atoms with E-state index in [0.717, 1.165) is 11.1 Å². The Hall–Kier alpha value is -3.19. The predicted octanol–water partition coefficient (Wildman–Crippen LogP) is 4.17. The molecule has 1 N–H and O–H groups in total. The summed E-state index contributed by atoms with van der Waals surface area (Å²) in [5.74, 6) is 0.641. The van der Waals surface area contributed by atoms with Gasteiger partial charge in [-0.3, -0.25) is 0 Å². The van der Waals surface area contributed by atoms with Crippen LogP contribution >= 0.6 is 0 Å². The summed E-state index contributed by atoms with van der Waals surface area (Å²) in [6.07, 6.45) is 3.07. The Morgan fingerprint density at radius 1 is 0.917 bits per heavy atom. The summed E-state index contributed by atoms with van der Waals surface area (Å²) in [6.45, 7) is 4.16. The topological polar surface area (TPSA) is 61.6 Å². The Balaban J connectivity index is 1.99. The molecule has 0 unspecified atom stereocenters. The first-order chi connectivity index (χ1) is 11.7. The number of rotatable bonds is 4. The Labute approximate surface area is 141 Å². The second kappa shape index (κ2) is 6.93. The third-order valence-electron chi connectivity index (χ3n) is 3.81. The van der Waals surface area contributed by atoms with E-state index in [4.69, 9.17) is 5.26 Å². The van der Waals surface area contributed by atoms with Gasteiger partial charge in [0.2, 0.25) is 0 Å². The van der Waals surface area contributed by atoms with Gasteiger partial charge in [0, 0.05) is 0 Å². The highest BCUT2D eigenvalue weighted by atomic mass is 15.0. The van der Waals surface area contributed by atoms with Gasteiger partial charge in [0.1, 0.15) is 11.9 Å². The zero-order chi connectivity index (χ0) is 16.9. The lowest BCUT2D eigenvalue weighted by Gasteiger charge is -2.21. The number of aromatic nitrogens is 2. The normalized spacial score (nSPS) is 10.4. The Kier molecular flexibility index (Phi) is 4.53. The number of aryl methyl sites for hydroxylation is 2. The number of hydrogen-bond acceptors (Lipinski definition) is 4. The van der Waals surface area contributed by atoms with Crippen LogP contribution in [0.2, 0.25) is 0 Å². The lowest BCUT2D eigenvalue weighted by Crippen LogP contribution is -2.14. The van der Waals surface area contributed by atoms with Crippen LogP contribution in [-0.4, -0.2) is 9.97 Å². The quantitative estimate of drug-likeness (QED) is 0.785. The summed E-state index contributed by atoms with van der Waals surface area (Å²) in [4.78, 5) is 8.38. The van der Waals surface area contributed by atoms with Gasteiger partial charge in [-0.2, -0.15) is 5.26 Å². The fourth-order valence-electron chi connectivity index (χ4n) is 2.67. The SMILES string of the molecule is Cc1cccc(C(Nc2cnc(C#N)cn2)c2cccc(C)c2)c1. The smallest absolute Gasteiger partial charge is 0.158 e. The third-order valence-corrected chi connectivity index (χ3v) is 3.81. The fourth-order valence-corrected chi connectivity index (χ4v) is 2.67. The Bertz CT molecular complexity index is 833. The van der Waals surface area contributed by atoms with Crippen LogP contribution in [0.5, 0.6) is 0 Å². The van der Waals surface area contributed by atoms with Crippen LogP contribution in [0.4, 0.5) is 5.82 Å². The largest absolute Gasteiger partial charge is 0.358 e. The van der Waals surface area contributed by atoms with Gasteiger partial charge >= 0.3 is 0 Å². The molecule has 4 nitrogen and oxygen atoms in total. The van der Waals surface area contributed by atoms with E-state index in [-0.39, 0.29) is 6.04 Å². The van der Waals surface area contributed by atoms with Crippen LogP contribution in [0.15, 0.2) is 60.9 Å². The van der Waals surface area contributed by atoms with Crippen molar-refractivity contribution >= 4 is 5.82 Å². The minimum Gasteiger partial charge on any atom is -0.358 e. The van der Waals surface area contributed by atoms with Crippen LogP contribution in [0, 0.1) is 25.2 Å². The highest BCUT2D eigenvalue weighted by Crippen LogP contribution is 2.27. The van der Waals surface area contributed by atoms with E-state index in [1.54, 1.807) is 6.20 Å². The van der Waals surface area contributed by atoms with E-state index < -0.39 is 0 Å². The van der Waals surface area contributed by atoms with Gasteiger partial charge in [0.25, 0.3) is 0 Å². The first-order valence-electron chi connectivity index (χ1n) is 7.77. The van der Waals surface area contributed by atoms with E-state index in [1.807, 2.05) is 6.07 Å². The molecule has 1 aromatic heterocycles. The first kappa shape index (κ1) is 15.7. The van der Waals surface area contributed by atoms with Crippen molar-refractivity contribution in [2.45, 2.75) is 19.9 Å². The summed E-state index contributed by atoms with van der Waals surface area (Å²) in [6, 6.07) is 18.8. The lowest BCUT2D eigenvalue weighted by atomic mass is 9.96. The van der Waals surface area contributed by atoms with E-state index in [9.17, 15) is 0 Å². The van der Waals surface area contributed by atoms with Gasteiger partial charge < -0.3 is 5.32 Å². The highest BCUT2D eigenvalue weighted by Gasteiger charge is 2.15. The molecule has 2 aromatic carbocycles. The maximum Gasteiger partial charge on any atom is 0.158 e. The van der Waals surface area contributed by atoms with E-state index >= 15 is 0 Å². The van der Waals surface area contributed by atoms with Gasteiger partial charge in [0.15, 0.2) is 5.69 Å². The number of anilines is 1. The van der Waals surface area contributed by atoms with Crippen LogP contribution in [0.25, 0.3) is 0 Å². The van der Waals surface area contributed by atoms with Crippen molar-refractivity contribution in [1.29, 1.82) is 5.26 Å². The molecule has 0 saturated carbocycles. The molecular weight excluding hydrogens is 296 g/mol. The Morgan fingerprint density at radius 2 is 1.54 bits per heavy atom. The summed E-state index contributed by atoms with van der Waals surface area (Å²) in [7, 11) is 0. The number of nitrogens with zero attached hydrogens (tertiary/aromatic N) is 3. The summed E-state index contributed by atoms with van der Waals surface area (Å²) in [5.41, 5.74) is 5.04. The predicted molar refractivity (Wildman–Crippen MR) is 94.6 cm³/mol. The van der Waals surface area contributed by atoms with Crippen LogP contribution in [0.3, 0.4) is 0 Å². The molecule has 0 spiro atoms. The fraction of sp³-hybridized carbons (Fsp3) is 0.150. The van der Waals surface area contributed by atoms with Gasteiger partial charge in [-0.15, -0.1) is 0 Å². The highest BCUT2D eigenvalue weighted by molar-refractivity contribution is 5.45. The minimum atomic E-state index is -0.0352. The van der Waals surface area contributed by atoms with Crippen molar-refractivity contribution in [3.8, 4) is 6.07 Å². The number of nitrogens with one attached hydrogen (secondary N) is 1. The lowest BCUT2D eigenvalue weighted by molar-refractivity contribution is 0.916. The molecule has 0 amide bonds. The molecule has 0 fully saturated rings. The standard InChI is InChI=1S/C20H18N4/c1-14-5-3-7-16(9-14)20(17-8-4-6-15(2)10-17)24-19-13-22-18(11-21)12-23-19/h3-10,12-13,20H,1-2H3,(H,23,24). The van der Waals surface area contributed by atoms with Gasteiger partial charge in [-0.25, -0.2) is 9.97 Å². The van der Waals surface area contributed by atoms with Crippen molar-refractivity contribution in [2.24, 2.45) is 0 Å². The number of nitriles is 1. The van der Waals surface area contributed by atoms with Gasteiger partial charge in [-0.1, -0.05) is 59.7 Å². The van der Waals surface area contributed by atoms with E-state index in [0.29, 0.717) is 11.5 Å². The van der Waals surface area contributed by atoms with E-state index in [1.165, 1.54) is 17.3 Å². The van der Waals surface area contributed by atoms with Crippen molar-refractivity contribution in [1.82, 2.24) is 9.97 Å². The maximum absolute atomic E-state index is 8.85. The summed E-state index contributed by atoms with van der Waals surface area (Å²) >= 11 is 0. The first-order valence-corrected chi connectivity index (χ1v) is 7.77. The molecule has 0 aliphatic carbocycles. The molecule has 0 atom stereocenters. The molecule has 3 rings (SSSR count). The maximum atomic E-state index is 8.85. The molecule has 118 valence electrons. The molecule has 0 aliphatic heterocycles. The van der Waals surface area contributed by atoms with E-state index in [2.05, 4.69) is 77.7 Å². The van der Waals surface area contributed by atoms with Crippen molar-refractivity contribution in [3.05, 3.63) is 88.9 Å². The molecule has 0 bridgehead atoms. The van der Waals surface area contributed by atoms with Crippen LogP contribution in [0.1, 0.15) is 34.0 Å².